The van der Waals surface area contributed by atoms with Gasteiger partial charge in [-0.3, -0.25) is 4.90 Å². The molecule has 0 bridgehead atoms. The van der Waals surface area contributed by atoms with Crippen molar-refractivity contribution in [3.05, 3.63) is 29.8 Å². The van der Waals surface area contributed by atoms with Crippen molar-refractivity contribution in [2.75, 3.05) is 19.7 Å². The van der Waals surface area contributed by atoms with Gasteiger partial charge in [0.25, 0.3) is 0 Å². The Morgan fingerprint density at radius 2 is 2.05 bits per heavy atom. The molecule has 116 valence electrons. The van der Waals surface area contributed by atoms with Gasteiger partial charge in [-0.2, -0.15) is 0 Å². The van der Waals surface area contributed by atoms with Gasteiger partial charge in [0.2, 0.25) is 0 Å². The van der Waals surface area contributed by atoms with Crippen molar-refractivity contribution in [3.63, 3.8) is 0 Å². The zero-order valence-corrected chi connectivity index (χ0v) is 13.2. The van der Waals surface area contributed by atoms with Crippen molar-refractivity contribution in [1.29, 1.82) is 0 Å². The highest BCUT2D eigenvalue weighted by Gasteiger charge is 2.32. The van der Waals surface area contributed by atoms with E-state index in [1.165, 1.54) is 44.3 Å². The number of hydrogen-bond acceptors (Lipinski definition) is 3. The van der Waals surface area contributed by atoms with Crippen molar-refractivity contribution in [2.45, 2.75) is 57.7 Å². The Morgan fingerprint density at radius 3 is 2.76 bits per heavy atom. The Morgan fingerprint density at radius 1 is 1.19 bits per heavy atom. The second-order valence-corrected chi connectivity index (χ2v) is 6.38. The lowest BCUT2D eigenvalue weighted by molar-refractivity contribution is 0.206. The molecule has 2 atom stereocenters. The summed E-state index contributed by atoms with van der Waals surface area (Å²) < 4.78 is 5.66. The van der Waals surface area contributed by atoms with E-state index < -0.39 is 0 Å². The molecule has 2 heterocycles. The highest BCUT2D eigenvalue weighted by molar-refractivity contribution is 5.27. The van der Waals surface area contributed by atoms with E-state index in [9.17, 15) is 0 Å². The number of ether oxygens (including phenoxy) is 1. The molecule has 3 nitrogen and oxygen atoms in total. The van der Waals surface area contributed by atoms with E-state index in [0.29, 0.717) is 0 Å². The van der Waals surface area contributed by atoms with Gasteiger partial charge < -0.3 is 10.1 Å². The first-order chi connectivity index (χ1) is 10.4. The maximum Gasteiger partial charge on any atom is 0.119 e. The van der Waals surface area contributed by atoms with Crippen LogP contribution < -0.4 is 10.1 Å². The number of rotatable bonds is 6. The molecule has 2 unspecified atom stereocenters. The quantitative estimate of drug-likeness (QED) is 0.870. The van der Waals surface area contributed by atoms with Crippen LogP contribution in [0.15, 0.2) is 24.3 Å². The molecule has 3 heteroatoms. The molecule has 21 heavy (non-hydrogen) atoms. The van der Waals surface area contributed by atoms with Gasteiger partial charge in [-0.1, -0.05) is 19.1 Å². The molecule has 3 rings (SSSR count). The monoisotopic (exact) mass is 288 g/mol. The number of benzene rings is 1. The Balaban J connectivity index is 1.57. The molecule has 2 aliphatic heterocycles. The summed E-state index contributed by atoms with van der Waals surface area (Å²) in [4.78, 5) is 2.67. The van der Waals surface area contributed by atoms with Gasteiger partial charge in [-0.05, 0) is 62.9 Å². The molecule has 2 saturated heterocycles. The minimum absolute atomic E-state index is 0.722. The fraction of sp³-hybridized carbons (Fsp3) is 0.667. The highest BCUT2D eigenvalue weighted by atomic mass is 16.5. The van der Waals surface area contributed by atoms with Crippen LogP contribution >= 0.6 is 0 Å². The predicted octanol–water partition coefficient (Wildman–Crippen LogP) is 3.19. The smallest absolute Gasteiger partial charge is 0.119 e. The molecule has 0 saturated carbocycles. The summed E-state index contributed by atoms with van der Waals surface area (Å²) in [5, 5.41) is 3.68. The van der Waals surface area contributed by atoms with E-state index in [0.717, 1.165) is 37.4 Å². The molecule has 2 aliphatic rings. The first kappa shape index (κ1) is 14.9. The average molecular weight is 288 g/mol. The van der Waals surface area contributed by atoms with Gasteiger partial charge in [0.15, 0.2) is 0 Å². The zero-order chi connectivity index (χ0) is 14.5. The van der Waals surface area contributed by atoms with Crippen LogP contribution in [0.3, 0.4) is 0 Å². The number of hydrogen-bond donors (Lipinski definition) is 1. The molecular formula is C18H28N2O. The minimum atomic E-state index is 0.722. The van der Waals surface area contributed by atoms with Gasteiger partial charge in [-0.25, -0.2) is 0 Å². The Hall–Kier alpha value is -1.06. The SMILES string of the molecule is CCCOc1ccc(CN2CCCC2C2CCCN2)cc1. The lowest BCUT2D eigenvalue weighted by Crippen LogP contribution is -2.43. The average Bonchev–Trinajstić information content (AvgIpc) is 3.17. The van der Waals surface area contributed by atoms with Crippen LogP contribution in [0.5, 0.6) is 5.75 Å². The molecular weight excluding hydrogens is 260 g/mol. The van der Waals surface area contributed by atoms with E-state index in [1.807, 2.05) is 0 Å². The van der Waals surface area contributed by atoms with Crippen LogP contribution in [-0.2, 0) is 6.54 Å². The van der Waals surface area contributed by atoms with Crippen LogP contribution in [0.4, 0.5) is 0 Å². The summed E-state index contributed by atoms with van der Waals surface area (Å²) in [6, 6.07) is 10.1. The predicted molar refractivity (Wildman–Crippen MR) is 86.7 cm³/mol. The summed E-state index contributed by atoms with van der Waals surface area (Å²) in [6.45, 7) is 6.48. The summed E-state index contributed by atoms with van der Waals surface area (Å²) in [5.74, 6) is 0.996. The summed E-state index contributed by atoms with van der Waals surface area (Å²) in [6.07, 6.45) is 6.46. The highest BCUT2D eigenvalue weighted by Crippen LogP contribution is 2.26. The molecule has 0 aliphatic carbocycles. The molecule has 2 fully saturated rings. The van der Waals surface area contributed by atoms with E-state index in [4.69, 9.17) is 4.74 Å². The van der Waals surface area contributed by atoms with Gasteiger partial charge in [-0.15, -0.1) is 0 Å². The minimum Gasteiger partial charge on any atom is -0.494 e. The van der Waals surface area contributed by atoms with Crippen molar-refractivity contribution in [3.8, 4) is 5.75 Å². The maximum absolute atomic E-state index is 5.66. The topological polar surface area (TPSA) is 24.5 Å². The second kappa shape index (κ2) is 7.28. The fourth-order valence-electron chi connectivity index (χ4n) is 3.69. The molecule has 0 aromatic heterocycles. The molecule has 1 aromatic carbocycles. The largest absolute Gasteiger partial charge is 0.494 e. The molecule has 1 aromatic rings. The molecule has 0 radical (unpaired) electrons. The van der Waals surface area contributed by atoms with Crippen molar-refractivity contribution in [1.82, 2.24) is 10.2 Å². The Bertz CT molecular complexity index is 425. The zero-order valence-electron chi connectivity index (χ0n) is 13.2. The molecule has 0 amide bonds. The van der Waals surface area contributed by atoms with E-state index in [1.54, 1.807) is 0 Å². The Labute approximate surface area is 128 Å². The second-order valence-electron chi connectivity index (χ2n) is 6.38. The van der Waals surface area contributed by atoms with Crippen LogP contribution in [0.1, 0.15) is 44.6 Å². The fourth-order valence-corrected chi connectivity index (χ4v) is 3.69. The third-order valence-corrected chi connectivity index (χ3v) is 4.76. The maximum atomic E-state index is 5.66. The number of nitrogens with one attached hydrogen (secondary N) is 1. The standard InChI is InChI=1S/C18H28N2O/c1-2-13-21-16-9-7-15(8-10-16)14-20-12-4-6-18(20)17-5-3-11-19-17/h7-10,17-19H,2-6,11-14H2,1H3. The van der Waals surface area contributed by atoms with Crippen molar-refractivity contribution >= 4 is 0 Å². The summed E-state index contributed by atoms with van der Waals surface area (Å²) >= 11 is 0. The molecule has 0 spiro atoms. The molecule has 1 N–H and O–H groups in total. The van der Waals surface area contributed by atoms with Gasteiger partial charge >= 0.3 is 0 Å². The van der Waals surface area contributed by atoms with E-state index >= 15 is 0 Å². The first-order valence-electron chi connectivity index (χ1n) is 8.56. The van der Waals surface area contributed by atoms with Crippen LogP contribution in [-0.4, -0.2) is 36.7 Å². The normalized spacial score (nSPS) is 26.3. The number of likely N-dealkylation sites (tertiary alicyclic amines) is 1. The van der Waals surface area contributed by atoms with E-state index in [2.05, 4.69) is 41.4 Å². The Kier molecular flexibility index (Phi) is 5.15. The van der Waals surface area contributed by atoms with Crippen LogP contribution in [0.2, 0.25) is 0 Å². The van der Waals surface area contributed by atoms with Crippen LogP contribution in [0, 0.1) is 0 Å². The van der Waals surface area contributed by atoms with Crippen LogP contribution in [0.25, 0.3) is 0 Å². The van der Waals surface area contributed by atoms with E-state index in [-0.39, 0.29) is 0 Å². The van der Waals surface area contributed by atoms with Gasteiger partial charge in [0.1, 0.15) is 5.75 Å². The lowest BCUT2D eigenvalue weighted by Gasteiger charge is -2.29. The van der Waals surface area contributed by atoms with Gasteiger partial charge in [0, 0.05) is 18.6 Å². The number of nitrogens with zero attached hydrogens (tertiary/aromatic N) is 1. The lowest BCUT2D eigenvalue weighted by atomic mass is 10.0. The third-order valence-electron chi connectivity index (χ3n) is 4.76. The summed E-state index contributed by atoms with van der Waals surface area (Å²) in [7, 11) is 0. The summed E-state index contributed by atoms with van der Waals surface area (Å²) in [5.41, 5.74) is 1.41. The van der Waals surface area contributed by atoms with Crippen molar-refractivity contribution < 1.29 is 4.74 Å². The van der Waals surface area contributed by atoms with Crippen molar-refractivity contribution in [2.24, 2.45) is 0 Å². The first-order valence-corrected chi connectivity index (χ1v) is 8.56. The van der Waals surface area contributed by atoms with Gasteiger partial charge in [0.05, 0.1) is 6.61 Å². The third kappa shape index (κ3) is 3.78.